The number of halogens is 3. The minimum Gasteiger partial charge on any atom is -0.338 e. The number of nitrogens with one attached hydrogen (secondary N) is 2. The molecule has 0 saturated carbocycles. The summed E-state index contributed by atoms with van der Waals surface area (Å²) in [5.74, 6) is -1.79. The molecule has 0 atom stereocenters. The monoisotopic (exact) mass is 336 g/mol. The largest absolute Gasteiger partial charge is 0.338 e. The van der Waals surface area contributed by atoms with E-state index in [0.29, 0.717) is 18.5 Å². The number of hydrogen-bond donors (Lipinski definition) is 2. The van der Waals surface area contributed by atoms with E-state index in [4.69, 9.17) is 0 Å². The molecule has 128 valence electrons. The van der Waals surface area contributed by atoms with Crippen LogP contribution < -0.4 is 10.6 Å². The molecule has 3 nitrogen and oxygen atoms in total. The van der Waals surface area contributed by atoms with Gasteiger partial charge in [0.25, 0.3) is 0 Å². The van der Waals surface area contributed by atoms with Crippen LogP contribution in [0.3, 0.4) is 0 Å². The SMILES string of the molecule is Cc1cccc(CCNC(=O)NCCF)c1-c1cccc(F)c1F. The Labute approximate surface area is 138 Å². The zero-order valence-electron chi connectivity index (χ0n) is 13.3. The number of hydrogen-bond acceptors (Lipinski definition) is 1. The van der Waals surface area contributed by atoms with Crippen LogP contribution in [0.25, 0.3) is 11.1 Å². The zero-order valence-corrected chi connectivity index (χ0v) is 13.3. The van der Waals surface area contributed by atoms with Crippen LogP contribution in [0.1, 0.15) is 11.1 Å². The van der Waals surface area contributed by atoms with Gasteiger partial charge in [0.15, 0.2) is 11.6 Å². The summed E-state index contributed by atoms with van der Waals surface area (Å²) in [6.45, 7) is 1.44. The maximum atomic E-state index is 14.1. The zero-order chi connectivity index (χ0) is 17.5. The molecule has 0 aliphatic carbocycles. The van der Waals surface area contributed by atoms with Crippen molar-refractivity contribution in [1.29, 1.82) is 0 Å². The van der Waals surface area contributed by atoms with Crippen LogP contribution in [0.15, 0.2) is 36.4 Å². The van der Waals surface area contributed by atoms with Crippen LogP contribution in [0.5, 0.6) is 0 Å². The molecule has 0 saturated heterocycles. The molecule has 0 aliphatic rings. The van der Waals surface area contributed by atoms with Gasteiger partial charge in [-0.05, 0) is 36.1 Å². The van der Waals surface area contributed by atoms with Gasteiger partial charge in [0.05, 0.1) is 0 Å². The third-order valence-corrected chi connectivity index (χ3v) is 3.64. The van der Waals surface area contributed by atoms with Gasteiger partial charge >= 0.3 is 6.03 Å². The van der Waals surface area contributed by atoms with Crippen LogP contribution in [-0.2, 0) is 6.42 Å². The van der Waals surface area contributed by atoms with Crippen molar-refractivity contribution in [2.45, 2.75) is 13.3 Å². The lowest BCUT2D eigenvalue weighted by Gasteiger charge is -2.14. The number of aryl methyl sites for hydroxylation is 1. The number of carbonyl (C=O) groups excluding carboxylic acids is 1. The van der Waals surface area contributed by atoms with E-state index in [2.05, 4.69) is 10.6 Å². The predicted octanol–water partition coefficient (Wildman–Crippen LogP) is 3.75. The van der Waals surface area contributed by atoms with Gasteiger partial charge in [-0.2, -0.15) is 0 Å². The molecule has 0 radical (unpaired) electrons. The van der Waals surface area contributed by atoms with Gasteiger partial charge in [-0.3, -0.25) is 0 Å². The Morgan fingerprint density at radius 2 is 1.75 bits per heavy atom. The molecular weight excluding hydrogens is 317 g/mol. The van der Waals surface area contributed by atoms with Gasteiger partial charge < -0.3 is 10.6 Å². The Balaban J connectivity index is 2.19. The highest BCUT2D eigenvalue weighted by Gasteiger charge is 2.15. The Hall–Kier alpha value is -2.50. The van der Waals surface area contributed by atoms with Crippen LogP contribution in [0, 0.1) is 18.6 Å². The molecule has 2 aromatic carbocycles. The maximum Gasteiger partial charge on any atom is 0.314 e. The molecule has 2 amide bonds. The third-order valence-electron chi connectivity index (χ3n) is 3.64. The van der Waals surface area contributed by atoms with Crippen molar-refractivity contribution in [3.05, 3.63) is 59.2 Å². The number of urea groups is 1. The molecule has 0 aliphatic heterocycles. The van der Waals surface area contributed by atoms with E-state index in [1.165, 1.54) is 12.1 Å². The topological polar surface area (TPSA) is 41.1 Å². The highest BCUT2D eigenvalue weighted by Crippen LogP contribution is 2.30. The van der Waals surface area contributed by atoms with Gasteiger partial charge in [-0.15, -0.1) is 0 Å². The van der Waals surface area contributed by atoms with Crippen molar-refractivity contribution in [3.8, 4) is 11.1 Å². The Morgan fingerprint density at radius 1 is 1.04 bits per heavy atom. The highest BCUT2D eigenvalue weighted by molar-refractivity contribution is 5.74. The lowest BCUT2D eigenvalue weighted by molar-refractivity contribution is 0.240. The number of alkyl halides is 1. The quantitative estimate of drug-likeness (QED) is 0.829. The molecule has 0 aromatic heterocycles. The van der Waals surface area contributed by atoms with Crippen LogP contribution in [0.4, 0.5) is 18.0 Å². The highest BCUT2D eigenvalue weighted by atomic mass is 19.2. The first-order chi connectivity index (χ1) is 11.5. The normalized spacial score (nSPS) is 10.5. The van der Waals surface area contributed by atoms with E-state index in [9.17, 15) is 18.0 Å². The minimum absolute atomic E-state index is 0.0456. The first-order valence-electron chi connectivity index (χ1n) is 7.65. The smallest absolute Gasteiger partial charge is 0.314 e. The first-order valence-corrected chi connectivity index (χ1v) is 7.65. The van der Waals surface area contributed by atoms with Gasteiger partial charge in [0.2, 0.25) is 0 Å². The lowest BCUT2D eigenvalue weighted by Crippen LogP contribution is -2.37. The lowest BCUT2D eigenvalue weighted by atomic mass is 9.93. The summed E-state index contributed by atoms with van der Waals surface area (Å²) in [6, 6.07) is 9.08. The average Bonchev–Trinajstić information content (AvgIpc) is 2.56. The van der Waals surface area contributed by atoms with Gasteiger partial charge in [-0.25, -0.2) is 18.0 Å². The van der Waals surface area contributed by atoms with E-state index in [-0.39, 0.29) is 12.1 Å². The molecule has 0 unspecified atom stereocenters. The van der Waals surface area contributed by atoms with Crippen LogP contribution in [0.2, 0.25) is 0 Å². The summed E-state index contributed by atoms with van der Waals surface area (Å²) in [5, 5.41) is 4.96. The van der Waals surface area contributed by atoms with Crippen molar-refractivity contribution < 1.29 is 18.0 Å². The van der Waals surface area contributed by atoms with E-state index in [0.717, 1.165) is 17.2 Å². The first kappa shape index (κ1) is 17.8. The van der Waals surface area contributed by atoms with Crippen LogP contribution >= 0.6 is 0 Å². The molecule has 0 heterocycles. The summed E-state index contributed by atoms with van der Waals surface area (Å²) < 4.78 is 39.7. The Morgan fingerprint density at radius 3 is 2.50 bits per heavy atom. The number of benzene rings is 2. The molecule has 24 heavy (non-hydrogen) atoms. The van der Waals surface area contributed by atoms with E-state index < -0.39 is 24.3 Å². The maximum absolute atomic E-state index is 14.1. The molecule has 0 spiro atoms. The van der Waals surface area contributed by atoms with Crippen molar-refractivity contribution >= 4 is 6.03 Å². The fourth-order valence-electron chi connectivity index (χ4n) is 2.55. The average molecular weight is 336 g/mol. The standard InChI is InChI=1S/C18H19F3N2O/c1-12-4-2-5-13(8-10-22-18(24)23-11-9-19)16(12)14-6-3-7-15(20)17(14)21/h2-7H,8-11H2,1H3,(H2,22,23,24). The third kappa shape index (κ3) is 4.28. The van der Waals surface area contributed by atoms with E-state index in [1.807, 2.05) is 25.1 Å². The minimum atomic E-state index is -0.898. The fraction of sp³-hybridized carbons (Fsp3) is 0.278. The summed E-state index contributed by atoms with van der Waals surface area (Å²) in [7, 11) is 0. The second-order valence-corrected chi connectivity index (χ2v) is 5.33. The number of carbonyl (C=O) groups is 1. The Bertz CT molecular complexity index is 719. The molecule has 0 fully saturated rings. The number of rotatable bonds is 6. The van der Waals surface area contributed by atoms with Gasteiger partial charge in [0.1, 0.15) is 6.67 Å². The molecule has 6 heteroatoms. The molecule has 2 N–H and O–H groups in total. The van der Waals surface area contributed by atoms with E-state index >= 15 is 0 Å². The second kappa shape index (κ2) is 8.38. The number of amides is 2. The molecule has 2 rings (SSSR count). The van der Waals surface area contributed by atoms with Crippen molar-refractivity contribution in [1.82, 2.24) is 10.6 Å². The summed E-state index contributed by atoms with van der Waals surface area (Å²) >= 11 is 0. The van der Waals surface area contributed by atoms with Gasteiger partial charge in [-0.1, -0.05) is 30.3 Å². The molecule has 0 bridgehead atoms. The second-order valence-electron chi connectivity index (χ2n) is 5.33. The van der Waals surface area contributed by atoms with Crippen molar-refractivity contribution in [2.75, 3.05) is 19.8 Å². The predicted molar refractivity (Wildman–Crippen MR) is 87.6 cm³/mol. The Kier molecular flexibility index (Phi) is 6.23. The fourth-order valence-corrected chi connectivity index (χ4v) is 2.55. The van der Waals surface area contributed by atoms with Gasteiger partial charge in [0, 0.05) is 18.7 Å². The summed E-state index contributed by atoms with van der Waals surface area (Å²) in [6.07, 6.45) is 0.440. The van der Waals surface area contributed by atoms with Crippen LogP contribution in [-0.4, -0.2) is 25.8 Å². The molecule has 2 aromatic rings. The summed E-state index contributed by atoms with van der Waals surface area (Å²) in [5.41, 5.74) is 2.44. The van der Waals surface area contributed by atoms with Crippen molar-refractivity contribution in [3.63, 3.8) is 0 Å². The van der Waals surface area contributed by atoms with E-state index in [1.54, 1.807) is 0 Å². The summed E-state index contributed by atoms with van der Waals surface area (Å²) in [4.78, 5) is 11.4. The van der Waals surface area contributed by atoms with Crippen molar-refractivity contribution in [2.24, 2.45) is 0 Å². The molecular formula is C18H19F3N2O.